The summed E-state index contributed by atoms with van der Waals surface area (Å²) in [6.07, 6.45) is 2.82. The number of benzene rings is 1. The first-order valence-corrected chi connectivity index (χ1v) is 5.43. The Morgan fingerprint density at radius 1 is 1.31 bits per heavy atom. The lowest BCUT2D eigenvalue weighted by atomic mass is 10.3. The molecule has 2 aromatic rings. The average molecular weight is 304 g/mol. The Kier molecular flexibility index (Phi) is 3.36. The van der Waals surface area contributed by atoms with E-state index in [1.54, 1.807) is 0 Å². The van der Waals surface area contributed by atoms with E-state index in [2.05, 4.69) is 25.9 Å². The number of nitrogens with zero attached hydrogens (tertiary/aromatic N) is 2. The summed E-state index contributed by atoms with van der Waals surface area (Å²) in [6.45, 7) is 0. The normalized spacial score (nSPS) is 10.2. The molecule has 1 aromatic carbocycles. The van der Waals surface area contributed by atoms with Crippen molar-refractivity contribution in [2.75, 3.05) is 0 Å². The monoisotopic (exact) mass is 302 g/mol. The van der Waals surface area contributed by atoms with Crippen LogP contribution in [0.4, 0.5) is 4.39 Å². The smallest absolute Gasteiger partial charge is 0.239 e. The van der Waals surface area contributed by atoms with Crippen molar-refractivity contribution in [2.24, 2.45) is 0 Å². The SMILES string of the molecule is Fc1ccc(Oc2cncc(Cl)n2)c(Br)c1. The van der Waals surface area contributed by atoms with Crippen LogP contribution in [0.1, 0.15) is 0 Å². The minimum Gasteiger partial charge on any atom is -0.436 e. The summed E-state index contributed by atoms with van der Waals surface area (Å²) in [4.78, 5) is 7.72. The topological polar surface area (TPSA) is 35.0 Å². The van der Waals surface area contributed by atoms with Gasteiger partial charge in [0.25, 0.3) is 0 Å². The zero-order chi connectivity index (χ0) is 11.5. The third kappa shape index (κ3) is 2.68. The molecule has 1 heterocycles. The van der Waals surface area contributed by atoms with Crippen LogP contribution in [-0.2, 0) is 0 Å². The average Bonchev–Trinajstić information content (AvgIpc) is 2.22. The molecular formula is C10H5BrClFN2O. The minimum atomic E-state index is -0.351. The lowest BCUT2D eigenvalue weighted by Crippen LogP contribution is -1.90. The third-order valence-electron chi connectivity index (χ3n) is 1.69. The van der Waals surface area contributed by atoms with Crippen molar-refractivity contribution >= 4 is 27.5 Å². The number of hydrogen-bond donors (Lipinski definition) is 0. The summed E-state index contributed by atoms with van der Waals surface area (Å²) in [5, 5.41) is 0.232. The first kappa shape index (κ1) is 11.3. The van der Waals surface area contributed by atoms with Crippen LogP contribution in [0.15, 0.2) is 35.1 Å². The zero-order valence-corrected chi connectivity index (χ0v) is 10.2. The molecule has 16 heavy (non-hydrogen) atoms. The molecule has 0 atom stereocenters. The first-order chi connectivity index (χ1) is 7.65. The maximum Gasteiger partial charge on any atom is 0.239 e. The van der Waals surface area contributed by atoms with Crippen molar-refractivity contribution in [3.8, 4) is 11.6 Å². The molecule has 0 radical (unpaired) electrons. The third-order valence-corrected chi connectivity index (χ3v) is 2.49. The molecule has 0 amide bonds. The van der Waals surface area contributed by atoms with Gasteiger partial charge >= 0.3 is 0 Å². The second kappa shape index (κ2) is 4.76. The Morgan fingerprint density at radius 2 is 2.12 bits per heavy atom. The molecule has 0 aliphatic rings. The van der Waals surface area contributed by atoms with Crippen LogP contribution in [0.3, 0.4) is 0 Å². The molecule has 3 nitrogen and oxygen atoms in total. The van der Waals surface area contributed by atoms with Crippen LogP contribution >= 0.6 is 27.5 Å². The molecule has 0 saturated carbocycles. The highest BCUT2D eigenvalue weighted by Gasteiger charge is 2.05. The van der Waals surface area contributed by atoms with Gasteiger partial charge in [-0.15, -0.1) is 0 Å². The van der Waals surface area contributed by atoms with Gasteiger partial charge in [-0.3, -0.25) is 4.98 Å². The van der Waals surface area contributed by atoms with E-state index in [-0.39, 0.29) is 16.9 Å². The Hall–Kier alpha value is -1.20. The van der Waals surface area contributed by atoms with Crippen molar-refractivity contribution in [3.63, 3.8) is 0 Å². The van der Waals surface area contributed by atoms with E-state index in [9.17, 15) is 4.39 Å². The quantitative estimate of drug-likeness (QED) is 0.846. The van der Waals surface area contributed by atoms with Crippen LogP contribution in [0.5, 0.6) is 11.6 Å². The molecule has 0 aliphatic carbocycles. The van der Waals surface area contributed by atoms with Crippen LogP contribution in [-0.4, -0.2) is 9.97 Å². The van der Waals surface area contributed by atoms with Crippen LogP contribution in [0.25, 0.3) is 0 Å². The number of ether oxygens (including phenoxy) is 1. The van der Waals surface area contributed by atoms with Gasteiger partial charge in [-0.2, -0.15) is 4.98 Å². The lowest BCUT2D eigenvalue weighted by molar-refractivity contribution is 0.455. The van der Waals surface area contributed by atoms with Gasteiger partial charge in [0.15, 0.2) is 5.15 Å². The minimum absolute atomic E-state index is 0.232. The predicted octanol–water partition coefficient (Wildman–Crippen LogP) is 3.82. The van der Waals surface area contributed by atoms with E-state index in [0.29, 0.717) is 10.2 Å². The van der Waals surface area contributed by atoms with Gasteiger partial charge < -0.3 is 4.74 Å². The zero-order valence-electron chi connectivity index (χ0n) is 7.82. The molecule has 82 valence electrons. The fraction of sp³-hybridized carbons (Fsp3) is 0. The summed E-state index contributed by atoms with van der Waals surface area (Å²) in [7, 11) is 0. The summed E-state index contributed by atoms with van der Waals surface area (Å²) in [5.41, 5.74) is 0. The fourth-order valence-electron chi connectivity index (χ4n) is 1.05. The van der Waals surface area contributed by atoms with Gasteiger partial charge in [0.2, 0.25) is 5.88 Å². The van der Waals surface area contributed by atoms with Crippen molar-refractivity contribution in [1.82, 2.24) is 9.97 Å². The fourth-order valence-corrected chi connectivity index (χ4v) is 1.62. The van der Waals surface area contributed by atoms with E-state index < -0.39 is 0 Å². The van der Waals surface area contributed by atoms with Crippen molar-refractivity contribution in [2.45, 2.75) is 0 Å². The number of aromatic nitrogens is 2. The Bertz CT molecular complexity index is 524. The predicted molar refractivity (Wildman–Crippen MR) is 61.2 cm³/mol. The Labute approximate surface area is 104 Å². The highest BCUT2D eigenvalue weighted by Crippen LogP contribution is 2.29. The van der Waals surface area contributed by atoms with Crippen LogP contribution < -0.4 is 4.74 Å². The Balaban J connectivity index is 2.27. The van der Waals surface area contributed by atoms with Gasteiger partial charge in [-0.05, 0) is 34.1 Å². The standard InChI is InChI=1S/C10H5BrClFN2O/c11-7-3-6(13)1-2-8(7)16-10-5-14-4-9(12)15-10/h1-5H. The number of halogens is 3. The second-order valence-corrected chi connectivity index (χ2v) is 4.10. The molecule has 0 bridgehead atoms. The highest BCUT2D eigenvalue weighted by molar-refractivity contribution is 9.10. The summed E-state index contributed by atoms with van der Waals surface area (Å²) >= 11 is 8.83. The molecule has 0 unspecified atom stereocenters. The molecular weight excluding hydrogens is 298 g/mol. The van der Waals surface area contributed by atoms with Gasteiger partial charge in [-0.25, -0.2) is 4.39 Å². The lowest BCUT2D eigenvalue weighted by Gasteiger charge is -2.06. The Morgan fingerprint density at radius 3 is 2.81 bits per heavy atom. The molecule has 2 rings (SSSR count). The van der Waals surface area contributed by atoms with Gasteiger partial charge in [0.05, 0.1) is 16.9 Å². The largest absolute Gasteiger partial charge is 0.436 e. The van der Waals surface area contributed by atoms with Crippen LogP contribution in [0, 0.1) is 5.82 Å². The van der Waals surface area contributed by atoms with E-state index >= 15 is 0 Å². The molecule has 0 spiro atoms. The molecule has 0 saturated heterocycles. The van der Waals surface area contributed by atoms with Crippen molar-refractivity contribution in [3.05, 3.63) is 46.0 Å². The van der Waals surface area contributed by atoms with Crippen molar-refractivity contribution in [1.29, 1.82) is 0 Å². The summed E-state index contributed by atoms with van der Waals surface area (Å²) in [5.74, 6) is 0.342. The van der Waals surface area contributed by atoms with E-state index in [1.807, 2.05) is 0 Å². The molecule has 6 heteroatoms. The summed E-state index contributed by atoms with van der Waals surface area (Å²) in [6, 6.07) is 4.08. The number of hydrogen-bond acceptors (Lipinski definition) is 3. The molecule has 0 N–H and O–H groups in total. The highest BCUT2D eigenvalue weighted by atomic mass is 79.9. The first-order valence-electron chi connectivity index (χ1n) is 4.25. The van der Waals surface area contributed by atoms with Gasteiger partial charge in [0, 0.05) is 0 Å². The van der Waals surface area contributed by atoms with Crippen molar-refractivity contribution < 1.29 is 9.13 Å². The summed E-state index contributed by atoms with van der Waals surface area (Å²) < 4.78 is 18.7. The maximum atomic E-state index is 12.8. The van der Waals surface area contributed by atoms with Crippen LogP contribution in [0.2, 0.25) is 5.15 Å². The molecule has 0 fully saturated rings. The van der Waals surface area contributed by atoms with Gasteiger partial charge in [-0.1, -0.05) is 11.6 Å². The van der Waals surface area contributed by atoms with E-state index in [0.717, 1.165) is 0 Å². The second-order valence-electron chi connectivity index (χ2n) is 2.86. The molecule has 0 aliphatic heterocycles. The van der Waals surface area contributed by atoms with E-state index in [1.165, 1.54) is 30.6 Å². The number of rotatable bonds is 2. The maximum absolute atomic E-state index is 12.8. The van der Waals surface area contributed by atoms with E-state index in [4.69, 9.17) is 16.3 Å². The van der Waals surface area contributed by atoms with Gasteiger partial charge in [0.1, 0.15) is 11.6 Å². The molecule has 1 aromatic heterocycles.